The molecule has 0 spiro atoms. The van der Waals surface area contributed by atoms with Crippen LogP contribution >= 0.6 is 0 Å². The van der Waals surface area contributed by atoms with Gasteiger partial charge in [-0.15, -0.1) is 0 Å². The zero-order valence-electron chi connectivity index (χ0n) is 11.7. The molecule has 0 aliphatic carbocycles. The third-order valence-electron chi connectivity index (χ3n) is 4.72. The summed E-state index contributed by atoms with van der Waals surface area (Å²) in [6, 6.07) is 0.732. The summed E-state index contributed by atoms with van der Waals surface area (Å²) < 4.78 is 2.01. The van der Waals surface area contributed by atoms with E-state index in [4.69, 9.17) is 0 Å². The van der Waals surface area contributed by atoms with Crippen LogP contribution in [0.5, 0.6) is 0 Å². The maximum absolute atomic E-state index is 4.52. The van der Waals surface area contributed by atoms with Crippen LogP contribution in [0.25, 0.3) is 0 Å². The molecule has 0 bridgehead atoms. The van der Waals surface area contributed by atoms with Gasteiger partial charge in [-0.25, -0.2) is 0 Å². The first-order valence-electron chi connectivity index (χ1n) is 7.10. The lowest BCUT2D eigenvalue weighted by molar-refractivity contribution is 0.311. The van der Waals surface area contributed by atoms with Gasteiger partial charge in [0.15, 0.2) is 0 Å². The Morgan fingerprint density at radius 2 is 2.17 bits per heavy atom. The Morgan fingerprint density at radius 3 is 2.83 bits per heavy atom. The number of likely N-dealkylation sites (tertiary alicyclic amines) is 1. The van der Waals surface area contributed by atoms with Crippen molar-refractivity contribution in [3.05, 3.63) is 17.0 Å². The van der Waals surface area contributed by atoms with Gasteiger partial charge in [0.05, 0.1) is 5.69 Å². The Labute approximate surface area is 109 Å². The summed E-state index contributed by atoms with van der Waals surface area (Å²) >= 11 is 0. The average Bonchev–Trinajstić information content (AvgIpc) is 2.86. The lowest BCUT2D eigenvalue weighted by atomic mass is 9.94. The van der Waals surface area contributed by atoms with Gasteiger partial charge < -0.3 is 5.32 Å². The summed E-state index contributed by atoms with van der Waals surface area (Å²) in [5.74, 6) is 0.871. The van der Waals surface area contributed by atoms with E-state index in [0.29, 0.717) is 0 Å². The number of nitrogens with zero attached hydrogens (tertiary/aromatic N) is 3. The van der Waals surface area contributed by atoms with E-state index in [0.717, 1.165) is 18.5 Å². The highest BCUT2D eigenvalue weighted by molar-refractivity contribution is 5.24. The molecule has 100 valence electrons. The fourth-order valence-corrected chi connectivity index (χ4v) is 3.54. The summed E-state index contributed by atoms with van der Waals surface area (Å²) in [4.78, 5) is 2.60. The van der Waals surface area contributed by atoms with Crippen LogP contribution in [-0.2, 0) is 13.6 Å². The van der Waals surface area contributed by atoms with Gasteiger partial charge in [-0.05, 0) is 39.2 Å². The molecule has 1 aromatic rings. The number of hydrogen-bond acceptors (Lipinski definition) is 3. The second-order valence-corrected chi connectivity index (χ2v) is 5.93. The Hall–Kier alpha value is -0.870. The zero-order valence-corrected chi connectivity index (χ0v) is 11.7. The molecular formula is C14H24N4. The van der Waals surface area contributed by atoms with Crippen molar-refractivity contribution in [1.82, 2.24) is 20.0 Å². The monoisotopic (exact) mass is 248 g/mol. The maximum Gasteiger partial charge on any atom is 0.0641 e. The molecule has 0 radical (unpaired) electrons. The highest BCUT2D eigenvalue weighted by atomic mass is 15.3. The predicted molar refractivity (Wildman–Crippen MR) is 72.5 cm³/mol. The lowest BCUT2D eigenvalue weighted by Crippen LogP contribution is -2.40. The standard InChI is InChI=1S/C14H24N4/c1-10-13(11(2)17(3)16-10)8-18-7-12-5-4-6-15-14(12)9-18/h12,14-15H,4-9H2,1-3H3/t12-,14+/m0/s1. The second-order valence-electron chi connectivity index (χ2n) is 5.93. The fourth-order valence-electron chi connectivity index (χ4n) is 3.54. The average molecular weight is 248 g/mol. The number of nitrogens with one attached hydrogen (secondary N) is 1. The number of aromatic nitrogens is 2. The Morgan fingerprint density at radius 1 is 1.33 bits per heavy atom. The van der Waals surface area contributed by atoms with Crippen LogP contribution in [0.4, 0.5) is 0 Å². The summed E-state index contributed by atoms with van der Waals surface area (Å²) in [5, 5.41) is 8.19. The molecule has 2 fully saturated rings. The summed E-state index contributed by atoms with van der Waals surface area (Å²) in [6.07, 6.45) is 2.75. The summed E-state index contributed by atoms with van der Waals surface area (Å²) in [7, 11) is 2.04. The molecule has 18 heavy (non-hydrogen) atoms. The summed E-state index contributed by atoms with van der Waals surface area (Å²) in [5.41, 5.74) is 3.93. The zero-order chi connectivity index (χ0) is 12.7. The lowest BCUT2D eigenvalue weighted by Gasteiger charge is -2.24. The normalized spacial score (nSPS) is 28.6. The molecule has 0 saturated carbocycles. The van der Waals surface area contributed by atoms with Crippen LogP contribution in [0, 0.1) is 19.8 Å². The first-order valence-corrected chi connectivity index (χ1v) is 7.10. The smallest absolute Gasteiger partial charge is 0.0641 e. The summed E-state index contributed by atoms with van der Waals surface area (Å²) in [6.45, 7) is 9.05. The van der Waals surface area contributed by atoms with Crippen LogP contribution < -0.4 is 5.32 Å². The molecule has 0 aromatic carbocycles. The van der Waals surface area contributed by atoms with Crippen LogP contribution in [0.1, 0.15) is 29.8 Å². The van der Waals surface area contributed by atoms with E-state index < -0.39 is 0 Å². The third kappa shape index (κ3) is 2.08. The van der Waals surface area contributed by atoms with Crippen LogP contribution in [0.3, 0.4) is 0 Å². The molecule has 3 rings (SSSR count). The molecule has 2 aliphatic rings. The van der Waals surface area contributed by atoms with E-state index in [9.17, 15) is 0 Å². The van der Waals surface area contributed by atoms with Crippen molar-refractivity contribution in [3.63, 3.8) is 0 Å². The fraction of sp³-hybridized carbons (Fsp3) is 0.786. The van der Waals surface area contributed by atoms with Crippen LogP contribution in [0.15, 0.2) is 0 Å². The number of aryl methyl sites for hydroxylation is 2. The maximum atomic E-state index is 4.52. The molecule has 4 heteroatoms. The molecular weight excluding hydrogens is 224 g/mol. The van der Waals surface area contributed by atoms with Crippen molar-refractivity contribution < 1.29 is 0 Å². The van der Waals surface area contributed by atoms with Crippen LogP contribution in [0.2, 0.25) is 0 Å². The number of rotatable bonds is 2. The van der Waals surface area contributed by atoms with Gasteiger partial charge in [0, 0.05) is 44.0 Å². The first-order chi connectivity index (χ1) is 8.65. The predicted octanol–water partition coefficient (Wildman–Crippen LogP) is 1.22. The highest BCUT2D eigenvalue weighted by Gasteiger charge is 2.34. The van der Waals surface area contributed by atoms with Gasteiger partial charge in [-0.1, -0.05) is 0 Å². The molecule has 3 heterocycles. The number of piperidine rings is 1. The van der Waals surface area contributed by atoms with Gasteiger partial charge in [-0.2, -0.15) is 5.10 Å². The molecule has 2 saturated heterocycles. The molecule has 2 aliphatic heterocycles. The molecule has 0 amide bonds. The Bertz CT molecular complexity index is 423. The first kappa shape index (κ1) is 12.2. The molecule has 1 N–H and O–H groups in total. The van der Waals surface area contributed by atoms with Gasteiger partial charge >= 0.3 is 0 Å². The van der Waals surface area contributed by atoms with Gasteiger partial charge in [0.1, 0.15) is 0 Å². The topological polar surface area (TPSA) is 33.1 Å². The second kappa shape index (κ2) is 4.67. The van der Waals surface area contributed by atoms with E-state index in [1.165, 1.54) is 49.4 Å². The SMILES string of the molecule is Cc1nn(C)c(C)c1CN1C[C@@H]2CCCN[C@@H]2C1. The minimum Gasteiger partial charge on any atom is -0.312 e. The van der Waals surface area contributed by atoms with E-state index in [-0.39, 0.29) is 0 Å². The van der Waals surface area contributed by atoms with Crippen molar-refractivity contribution in [2.24, 2.45) is 13.0 Å². The van der Waals surface area contributed by atoms with Crippen LogP contribution in [-0.4, -0.2) is 40.4 Å². The van der Waals surface area contributed by atoms with Crippen molar-refractivity contribution in [1.29, 1.82) is 0 Å². The Kier molecular flexibility index (Phi) is 3.16. The van der Waals surface area contributed by atoms with Crippen molar-refractivity contribution >= 4 is 0 Å². The van der Waals surface area contributed by atoms with Crippen molar-refractivity contribution in [3.8, 4) is 0 Å². The van der Waals surface area contributed by atoms with Gasteiger partial charge in [0.2, 0.25) is 0 Å². The van der Waals surface area contributed by atoms with E-state index >= 15 is 0 Å². The van der Waals surface area contributed by atoms with Gasteiger partial charge in [0.25, 0.3) is 0 Å². The van der Waals surface area contributed by atoms with Crippen molar-refractivity contribution in [2.45, 2.75) is 39.3 Å². The number of fused-ring (bicyclic) bond motifs is 1. The quantitative estimate of drug-likeness (QED) is 0.854. The highest BCUT2D eigenvalue weighted by Crippen LogP contribution is 2.27. The van der Waals surface area contributed by atoms with Gasteiger partial charge in [-0.3, -0.25) is 9.58 Å². The van der Waals surface area contributed by atoms with E-state index in [1.54, 1.807) is 0 Å². The molecule has 1 aromatic heterocycles. The van der Waals surface area contributed by atoms with E-state index in [2.05, 4.69) is 29.2 Å². The minimum atomic E-state index is 0.732. The Balaban J connectivity index is 1.70. The van der Waals surface area contributed by atoms with Crippen molar-refractivity contribution in [2.75, 3.05) is 19.6 Å². The third-order valence-corrected chi connectivity index (χ3v) is 4.72. The molecule has 0 unspecified atom stereocenters. The number of hydrogen-bond donors (Lipinski definition) is 1. The minimum absolute atomic E-state index is 0.732. The molecule has 4 nitrogen and oxygen atoms in total. The largest absolute Gasteiger partial charge is 0.312 e. The molecule has 2 atom stereocenters. The van der Waals surface area contributed by atoms with E-state index in [1.807, 2.05) is 11.7 Å².